The monoisotopic (exact) mass is 258 g/mol. The number of nitrogen functional groups attached to an aromatic ring is 1. The van der Waals surface area contributed by atoms with E-state index in [4.69, 9.17) is 5.73 Å². The summed E-state index contributed by atoms with van der Waals surface area (Å²) >= 11 is 1.81. The number of nitrogens with zero attached hydrogens (tertiary/aromatic N) is 1. The van der Waals surface area contributed by atoms with Crippen LogP contribution in [-0.2, 0) is 19.4 Å². The van der Waals surface area contributed by atoms with Gasteiger partial charge >= 0.3 is 0 Å². The van der Waals surface area contributed by atoms with E-state index in [-0.39, 0.29) is 0 Å². The van der Waals surface area contributed by atoms with E-state index in [9.17, 15) is 0 Å². The smallest absolute Gasteiger partial charge is 0.0459 e. The maximum absolute atomic E-state index is 5.96. The van der Waals surface area contributed by atoms with Gasteiger partial charge < -0.3 is 5.73 Å². The highest BCUT2D eigenvalue weighted by Gasteiger charge is 2.19. The van der Waals surface area contributed by atoms with Crippen LogP contribution in [0.4, 0.5) is 5.69 Å². The molecule has 2 nitrogen and oxygen atoms in total. The van der Waals surface area contributed by atoms with E-state index in [2.05, 4.69) is 40.6 Å². The third kappa shape index (κ3) is 2.42. The van der Waals surface area contributed by atoms with Crippen molar-refractivity contribution in [2.75, 3.05) is 18.8 Å². The lowest BCUT2D eigenvalue weighted by molar-refractivity contribution is 0.261. The van der Waals surface area contributed by atoms with Crippen molar-refractivity contribution >= 4 is 17.0 Å². The second kappa shape index (κ2) is 5.12. The zero-order valence-electron chi connectivity index (χ0n) is 10.4. The SMILES string of the molecule is Nc1csc2c1CCN(CCc1ccccc1)C2. The molecule has 2 N–H and O–H groups in total. The Bertz CT molecular complexity index is 519. The first-order valence-electron chi connectivity index (χ1n) is 6.44. The van der Waals surface area contributed by atoms with Crippen molar-refractivity contribution < 1.29 is 0 Å². The van der Waals surface area contributed by atoms with Gasteiger partial charge in [0.25, 0.3) is 0 Å². The Hall–Kier alpha value is -1.32. The van der Waals surface area contributed by atoms with Crippen LogP contribution in [0.25, 0.3) is 0 Å². The molecular formula is C15H18N2S. The van der Waals surface area contributed by atoms with Gasteiger partial charge in [0, 0.05) is 35.6 Å². The van der Waals surface area contributed by atoms with E-state index in [0.29, 0.717) is 0 Å². The van der Waals surface area contributed by atoms with Gasteiger partial charge in [-0.15, -0.1) is 11.3 Å². The lowest BCUT2D eigenvalue weighted by atomic mass is 10.1. The highest BCUT2D eigenvalue weighted by atomic mass is 32.1. The summed E-state index contributed by atoms with van der Waals surface area (Å²) in [5.74, 6) is 0. The molecule has 2 aromatic rings. The fourth-order valence-corrected chi connectivity index (χ4v) is 3.56. The molecule has 94 valence electrons. The highest BCUT2D eigenvalue weighted by Crippen LogP contribution is 2.30. The number of nitrogens with two attached hydrogens (primary N) is 1. The van der Waals surface area contributed by atoms with Crippen LogP contribution < -0.4 is 5.73 Å². The molecule has 0 unspecified atom stereocenters. The Morgan fingerprint density at radius 3 is 2.89 bits per heavy atom. The second-order valence-electron chi connectivity index (χ2n) is 4.85. The summed E-state index contributed by atoms with van der Waals surface area (Å²) in [6.07, 6.45) is 2.25. The van der Waals surface area contributed by atoms with E-state index >= 15 is 0 Å². The molecule has 0 atom stereocenters. The third-order valence-electron chi connectivity index (χ3n) is 3.62. The van der Waals surface area contributed by atoms with Gasteiger partial charge in [-0.2, -0.15) is 0 Å². The average molecular weight is 258 g/mol. The number of rotatable bonds is 3. The Labute approximate surface area is 112 Å². The predicted octanol–water partition coefficient (Wildman–Crippen LogP) is 2.93. The minimum Gasteiger partial charge on any atom is -0.398 e. The molecular weight excluding hydrogens is 240 g/mol. The Balaban J connectivity index is 1.60. The Morgan fingerprint density at radius 2 is 2.06 bits per heavy atom. The van der Waals surface area contributed by atoms with Gasteiger partial charge in [0.15, 0.2) is 0 Å². The summed E-state index contributed by atoms with van der Waals surface area (Å²) in [4.78, 5) is 4.00. The Kier molecular flexibility index (Phi) is 3.35. The number of anilines is 1. The highest BCUT2D eigenvalue weighted by molar-refractivity contribution is 7.10. The summed E-state index contributed by atoms with van der Waals surface area (Å²) in [5, 5.41) is 2.09. The molecule has 0 saturated carbocycles. The van der Waals surface area contributed by atoms with Gasteiger partial charge in [-0.1, -0.05) is 30.3 Å². The maximum atomic E-state index is 5.96. The zero-order valence-corrected chi connectivity index (χ0v) is 11.2. The van der Waals surface area contributed by atoms with E-state index < -0.39 is 0 Å². The maximum Gasteiger partial charge on any atom is 0.0459 e. The number of hydrogen-bond acceptors (Lipinski definition) is 3. The first-order chi connectivity index (χ1) is 8.83. The van der Waals surface area contributed by atoms with Crippen LogP contribution in [0.15, 0.2) is 35.7 Å². The normalized spacial score (nSPS) is 15.6. The summed E-state index contributed by atoms with van der Waals surface area (Å²) in [7, 11) is 0. The summed E-state index contributed by atoms with van der Waals surface area (Å²) in [5.41, 5.74) is 9.79. The lowest BCUT2D eigenvalue weighted by Crippen LogP contribution is -2.31. The van der Waals surface area contributed by atoms with Gasteiger partial charge in [0.1, 0.15) is 0 Å². The van der Waals surface area contributed by atoms with Crippen LogP contribution in [0.3, 0.4) is 0 Å². The molecule has 2 heterocycles. The number of hydrogen-bond donors (Lipinski definition) is 1. The van der Waals surface area contributed by atoms with Crippen LogP contribution >= 0.6 is 11.3 Å². The van der Waals surface area contributed by atoms with Gasteiger partial charge in [-0.3, -0.25) is 4.90 Å². The van der Waals surface area contributed by atoms with Crippen LogP contribution in [-0.4, -0.2) is 18.0 Å². The minimum atomic E-state index is 0.998. The van der Waals surface area contributed by atoms with Gasteiger partial charge in [0.2, 0.25) is 0 Å². The minimum absolute atomic E-state index is 0.998. The van der Waals surface area contributed by atoms with Crippen molar-refractivity contribution in [3.63, 3.8) is 0 Å². The van der Waals surface area contributed by atoms with Crippen molar-refractivity contribution in [1.29, 1.82) is 0 Å². The first-order valence-corrected chi connectivity index (χ1v) is 7.32. The molecule has 18 heavy (non-hydrogen) atoms. The van der Waals surface area contributed by atoms with E-state index in [1.54, 1.807) is 0 Å². The zero-order chi connectivity index (χ0) is 12.4. The molecule has 0 amide bonds. The summed E-state index contributed by atoms with van der Waals surface area (Å²) in [6, 6.07) is 10.7. The van der Waals surface area contributed by atoms with E-state index in [1.807, 2.05) is 11.3 Å². The molecule has 3 heteroatoms. The average Bonchev–Trinajstić information content (AvgIpc) is 2.79. The lowest BCUT2D eigenvalue weighted by Gasteiger charge is -2.26. The Morgan fingerprint density at radius 1 is 1.22 bits per heavy atom. The number of fused-ring (bicyclic) bond motifs is 1. The quantitative estimate of drug-likeness (QED) is 0.917. The van der Waals surface area contributed by atoms with E-state index in [1.165, 1.54) is 16.0 Å². The summed E-state index contributed by atoms with van der Waals surface area (Å²) < 4.78 is 0. The number of benzene rings is 1. The molecule has 0 bridgehead atoms. The second-order valence-corrected chi connectivity index (χ2v) is 5.82. The standard InChI is InChI=1S/C15H18N2S/c16-14-11-18-15-10-17(9-7-13(14)15)8-6-12-4-2-1-3-5-12/h1-5,11H,6-10,16H2. The van der Waals surface area contributed by atoms with Crippen molar-refractivity contribution in [3.05, 3.63) is 51.7 Å². The molecule has 0 aliphatic carbocycles. The van der Waals surface area contributed by atoms with Crippen molar-refractivity contribution in [2.45, 2.75) is 19.4 Å². The molecule has 0 saturated heterocycles. The topological polar surface area (TPSA) is 29.3 Å². The van der Waals surface area contributed by atoms with Gasteiger partial charge in [-0.05, 0) is 24.0 Å². The molecule has 0 radical (unpaired) electrons. The molecule has 1 aliphatic heterocycles. The largest absolute Gasteiger partial charge is 0.398 e. The number of thiophene rings is 1. The third-order valence-corrected chi connectivity index (χ3v) is 4.65. The van der Waals surface area contributed by atoms with Crippen LogP contribution in [0, 0.1) is 0 Å². The first kappa shape index (κ1) is 11.8. The molecule has 0 spiro atoms. The molecule has 1 aliphatic rings. The molecule has 1 aromatic carbocycles. The van der Waals surface area contributed by atoms with Crippen LogP contribution in [0.5, 0.6) is 0 Å². The molecule has 3 rings (SSSR count). The summed E-state index contributed by atoms with van der Waals surface area (Å²) in [6.45, 7) is 3.35. The fourth-order valence-electron chi connectivity index (χ4n) is 2.53. The van der Waals surface area contributed by atoms with Crippen molar-refractivity contribution in [3.8, 4) is 0 Å². The van der Waals surface area contributed by atoms with Crippen LogP contribution in [0.1, 0.15) is 16.0 Å². The van der Waals surface area contributed by atoms with Crippen molar-refractivity contribution in [1.82, 2.24) is 4.90 Å². The predicted molar refractivity (Wildman–Crippen MR) is 77.9 cm³/mol. The fraction of sp³-hybridized carbons (Fsp3) is 0.333. The van der Waals surface area contributed by atoms with E-state index in [0.717, 1.165) is 38.2 Å². The van der Waals surface area contributed by atoms with Gasteiger partial charge in [0.05, 0.1) is 0 Å². The van der Waals surface area contributed by atoms with Crippen LogP contribution in [0.2, 0.25) is 0 Å². The molecule has 1 aromatic heterocycles. The molecule has 0 fully saturated rings. The van der Waals surface area contributed by atoms with Crippen molar-refractivity contribution in [2.24, 2.45) is 0 Å². The van der Waals surface area contributed by atoms with Gasteiger partial charge in [-0.25, -0.2) is 0 Å².